The summed E-state index contributed by atoms with van der Waals surface area (Å²) in [5.74, 6) is 1.55. The predicted octanol–water partition coefficient (Wildman–Crippen LogP) is 11.7. The van der Waals surface area contributed by atoms with Crippen LogP contribution in [0.5, 0.6) is 0 Å². The van der Waals surface area contributed by atoms with E-state index in [0.717, 1.165) is 27.8 Å². The van der Waals surface area contributed by atoms with Gasteiger partial charge >= 0.3 is 0 Å². The molecule has 9 rings (SSSR count). The van der Waals surface area contributed by atoms with Crippen LogP contribution in [-0.2, 0) is 0 Å². The van der Waals surface area contributed by atoms with E-state index in [0.29, 0.717) is 23.0 Å². The van der Waals surface area contributed by atoms with Crippen molar-refractivity contribution in [1.82, 2.24) is 15.0 Å². The molecule has 0 radical (unpaired) electrons. The van der Waals surface area contributed by atoms with Crippen LogP contribution in [0.15, 0.2) is 176 Å². The molecule has 0 aliphatic heterocycles. The summed E-state index contributed by atoms with van der Waals surface area (Å²) in [4.78, 5) is 14.4. The molecule has 0 aliphatic rings. The maximum atomic E-state index is 9.57. The summed E-state index contributed by atoms with van der Waals surface area (Å²) in [6, 6.07) is 28.4. The van der Waals surface area contributed by atoms with Gasteiger partial charge in [-0.1, -0.05) is 164 Å². The van der Waals surface area contributed by atoms with Crippen LogP contribution in [0.3, 0.4) is 0 Å². The average molecular weight is 623 g/mol. The van der Waals surface area contributed by atoms with E-state index >= 15 is 0 Å². The van der Waals surface area contributed by atoms with Crippen molar-refractivity contribution in [1.29, 1.82) is 0 Å². The molecule has 0 saturated carbocycles. The molecule has 48 heavy (non-hydrogen) atoms. The van der Waals surface area contributed by atoms with E-state index in [1.807, 2.05) is 91.0 Å². The number of hydrogen-bond acceptors (Lipinski definition) is 3. The highest BCUT2D eigenvalue weighted by molar-refractivity contribution is 6.25. The van der Waals surface area contributed by atoms with Crippen LogP contribution in [0.4, 0.5) is 0 Å². The zero-order chi connectivity index (χ0) is 41.4. The Morgan fingerprint density at radius 2 is 0.708 bits per heavy atom. The number of rotatable bonds is 5. The molecule has 0 amide bonds. The van der Waals surface area contributed by atoms with Crippen molar-refractivity contribution in [2.24, 2.45) is 0 Å². The quantitative estimate of drug-likeness (QED) is 0.179. The summed E-state index contributed by atoms with van der Waals surface area (Å²) in [6.45, 7) is 0. The summed E-state index contributed by atoms with van der Waals surface area (Å²) in [6.07, 6.45) is 0. The van der Waals surface area contributed by atoms with E-state index in [-0.39, 0.29) is 50.0 Å². The minimum atomic E-state index is -0.608. The molecule has 0 aliphatic carbocycles. The van der Waals surface area contributed by atoms with Crippen molar-refractivity contribution < 1.29 is 15.1 Å². The Balaban J connectivity index is 1.21. The summed E-state index contributed by atoms with van der Waals surface area (Å²) in [5.41, 5.74) is 4.39. The second-order valence-corrected chi connectivity index (χ2v) is 11.2. The number of nitrogens with zero attached hydrogens (tertiary/aromatic N) is 3. The molecule has 0 fully saturated rings. The molecule has 1 heterocycles. The van der Waals surface area contributed by atoms with E-state index in [1.165, 1.54) is 0 Å². The lowest BCUT2D eigenvalue weighted by atomic mass is 9.91. The van der Waals surface area contributed by atoms with Crippen LogP contribution < -0.4 is 0 Å². The Labute approximate surface area is 294 Å². The van der Waals surface area contributed by atoms with Gasteiger partial charge in [0.1, 0.15) is 0 Å². The molecule has 8 aromatic carbocycles. The van der Waals surface area contributed by atoms with Gasteiger partial charge in [0.15, 0.2) is 17.5 Å². The first-order chi connectivity index (χ1) is 28.4. The molecule has 0 spiro atoms. The van der Waals surface area contributed by atoms with Crippen LogP contribution in [0.2, 0.25) is 0 Å². The first-order valence-corrected chi connectivity index (χ1v) is 15.3. The highest BCUT2D eigenvalue weighted by Gasteiger charge is 2.13. The summed E-state index contributed by atoms with van der Waals surface area (Å²) >= 11 is 0. The minimum absolute atomic E-state index is 0.0296. The molecule has 9 aromatic rings. The average Bonchev–Trinajstić information content (AvgIpc) is 3.27. The van der Waals surface area contributed by atoms with Crippen molar-refractivity contribution in [3.8, 4) is 56.4 Å². The first-order valence-electron chi connectivity index (χ1n) is 20.8. The van der Waals surface area contributed by atoms with Crippen LogP contribution in [0.1, 0.15) is 15.1 Å². The number of fused-ring (bicyclic) bond motifs is 6. The zero-order valence-corrected chi connectivity index (χ0v) is 25.2. The van der Waals surface area contributed by atoms with Crippen LogP contribution in [0.25, 0.3) is 88.7 Å². The molecule has 0 unspecified atom stereocenters. The highest BCUT2D eigenvalue weighted by Crippen LogP contribution is 2.38. The molecule has 0 atom stereocenters. The van der Waals surface area contributed by atoms with E-state index in [4.69, 9.17) is 25.9 Å². The lowest BCUT2D eigenvalue weighted by Gasteiger charge is -2.13. The third-order valence-corrected chi connectivity index (χ3v) is 8.26. The molecule has 224 valence electrons. The van der Waals surface area contributed by atoms with Crippen LogP contribution in [-0.4, -0.2) is 15.0 Å². The minimum Gasteiger partial charge on any atom is -0.208 e. The second kappa shape index (κ2) is 11.7. The number of benzene rings is 8. The lowest BCUT2D eigenvalue weighted by Crippen LogP contribution is -2.00. The van der Waals surface area contributed by atoms with Gasteiger partial charge in [0, 0.05) is 16.7 Å². The first kappa shape index (κ1) is 18.6. The molecular weight excluding hydrogens is 583 g/mol. The Hall–Kier alpha value is -6.45. The standard InChI is InChI=1S/C45H29N3/c1-3-12-31(13-4-1)43-46-44(32-14-5-2-6-15-32)48-45(47-43)33-24-22-30(23-25-33)34-16-11-17-35(28-34)36-26-27-41-39-20-8-7-18-37(39)38-19-9-10-21-40(38)42(41)29-36/h1-29H/i7D,8D,9D,10D,18D,19D,20D,21D,26D,27D,29D. The predicted molar refractivity (Wildman–Crippen MR) is 200 cm³/mol. The second-order valence-electron chi connectivity index (χ2n) is 11.2. The van der Waals surface area contributed by atoms with Gasteiger partial charge in [-0.3, -0.25) is 0 Å². The summed E-state index contributed by atoms with van der Waals surface area (Å²) in [7, 11) is 0. The van der Waals surface area contributed by atoms with Gasteiger partial charge in [-0.15, -0.1) is 0 Å². The Morgan fingerprint density at radius 1 is 0.312 bits per heavy atom. The van der Waals surface area contributed by atoms with Gasteiger partial charge in [0.25, 0.3) is 0 Å². The third-order valence-electron chi connectivity index (χ3n) is 8.26. The molecule has 3 heteroatoms. The fourth-order valence-electron chi connectivity index (χ4n) is 5.90. The van der Waals surface area contributed by atoms with Gasteiger partial charge < -0.3 is 0 Å². The molecule has 0 saturated heterocycles. The maximum Gasteiger partial charge on any atom is 0.164 e. The van der Waals surface area contributed by atoms with Crippen molar-refractivity contribution in [3.05, 3.63) is 176 Å². The largest absolute Gasteiger partial charge is 0.208 e. The van der Waals surface area contributed by atoms with Gasteiger partial charge in [-0.25, -0.2) is 15.0 Å². The van der Waals surface area contributed by atoms with Crippen molar-refractivity contribution in [2.75, 3.05) is 0 Å². The third kappa shape index (κ3) is 4.99. The molecule has 3 nitrogen and oxygen atoms in total. The number of hydrogen-bond donors (Lipinski definition) is 0. The van der Waals surface area contributed by atoms with E-state index in [9.17, 15) is 4.11 Å². The zero-order valence-electron chi connectivity index (χ0n) is 36.2. The van der Waals surface area contributed by atoms with Crippen LogP contribution in [0, 0.1) is 0 Å². The molecule has 1 aromatic heterocycles. The van der Waals surface area contributed by atoms with Gasteiger partial charge in [0.05, 0.1) is 15.1 Å². The van der Waals surface area contributed by atoms with E-state index < -0.39 is 54.4 Å². The normalized spacial score (nSPS) is 14.5. The summed E-state index contributed by atoms with van der Waals surface area (Å²) < 4.78 is 97.2. The fraction of sp³-hybridized carbons (Fsp3) is 0. The Kier molecular flexibility index (Phi) is 4.55. The Morgan fingerprint density at radius 3 is 1.23 bits per heavy atom. The van der Waals surface area contributed by atoms with Crippen molar-refractivity contribution in [2.45, 2.75) is 0 Å². The monoisotopic (exact) mass is 622 g/mol. The summed E-state index contributed by atoms with van der Waals surface area (Å²) in [5, 5.41) is -0.960. The lowest BCUT2D eigenvalue weighted by molar-refractivity contribution is 1.07. The van der Waals surface area contributed by atoms with Gasteiger partial charge in [-0.2, -0.15) is 0 Å². The van der Waals surface area contributed by atoms with Crippen LogP contribution >= 0.6 is 0 Å². The molecule has 0 N–H and O–H groups in total. The topological polar surface area (TPSA) is 38.7 Å². The van der Waals surface area contributed by atoms with Gasteiger partial charge in [-0.05, 0) is 66.7 Å². The van der Waals surface area contributed by atoms with Crippen molar-refractivity contribution >= 4 is 32.3 Å². The van der Waals surface area contributed by atoms with Crippen molar-refractivity contribution in [3.63, 3.8) is 0 Å². The fourth-order valence-corrected chi connectivity index (χ4v) is 5.90. The Bertz CT molecular complexity index is 3110. The van der Waals surface area contributed by atoms with E-state index in [1.54, 1.807) is 18.2 Å². The SMILES string of the molecule is [2H]c1c([2H])c([2H])c2c(c1[2H])c1c([2H])c([2H])c([2H])c([2H])c1c1c([2H])c(-c3cccc(-c4ccc(-c5nc(-c6ccccc6)nc(-c6ccccc6)n5)cc4)c3)c([2H])c([2H])c21. The van der Waals surface area contributed by atoms with E-state index in [2.05, 4.69) is 0 Å². The maximum absolute atomic E-state index is 9.57. The highest BCUT2D eigenvalue weighted by atomic mass is 15.0. The molecular formula is C45H29N3. The number of aromatic nitrogens is 3. The van der Waals surface area contributed by atoms with Gasteiger partial charge in [0.2, 0.25) is 0 Å². The smallest absolute Gasteiger partial charge is 0.164 e. The molecule has 0 bridgehead atoms.